The third-order valence-electron chi connectivity index (χ3n) is 3.68. The monoisotopic (exact) mass is 514 g/mol. The zero-order valence-electron chi connectivity index (χ0n) is 14.7. The molecule has 1 aromatic rings. The summed E-state index contributed by atoms with van der Waals surface area (Å²) in [5, 5.41) is 20.8. The molecule has 1 aromatic heterocycles. The second-order valence-corrected chi connectivity index (χ2v) is 10.9. The van der Waals surface area contributed by atoms with Crippen molar-refractivity contribution in [2.45, 2.75) is 31.0 Å². The van der Waals surface area contributed by atoms with Crippen LogP contribution >= 0.6 is 35.7 Å². The minimum Gasteiger partial charge on any atom is -0.387 e. The Hall–Kier alpha value is -0.610. The Morgan fingerprint density at radius 2 is 1.83 bits per heavy atom. The lowest BCUT2D eigenvalue weighted by Gasteiger charge is -2.27. The van der Waals surface area contributed by atoms with E-state index in [0.717, 1.165) is 23.8 Å². The number of aliphatic hydroxyl groups is 2. The second-order valence-electron chi connectivity index (χ2n) is 6.10. The summed E-state index contributed by atoms with van der Waals surface area (Å²) in [6.45, 7) is 0.147. The molecule has 0 aliphatic carbocycles. The average molecular weight is 514 g/mol. The van der Waals surface area contributed by atoms with Gasteiger partial charge in [-0.3, -0.25) is 18.9 Å². The Morgan fingerprint density at radius 1 is 1.23 bits per heavy atom. The van der Waals surface area contributed by atoms with Crippen molar-refractivity contribution in [2.24, 2.45) is 0 Å². The van der Waals surface area contributed by atoms with Gasteiger partial charge in [0, 0.05) is 12.3 Å². The maximum Gasteiger partial charge on any atom is 0.490 e. The molecular formula is C10H17N2O14P3S. The van der Waals surface area contributed by atoms with E-state index in [2.05, 4.69) is 18.1 Å². The van der Waals surface area contributed by atoms with Crippen LogP contribution in [0.3, 0.4) is 0 Å². The summed E-state index contributed by atoms with van der Waals surface area (Å²) < 4.78 is 51.5. The molecule has 1 saturated heterocycles. The number of aromatic nitrogens is 2. The quantitative estimate of drug-likeness (QED) is 0.167. The van der Waals surface area contributed by atoms with Gasteiger partial charge in [-0.05, 0) is 19.1 Å². The molecule has 16 nitrogen and oxygen atoms in total. The molecule has 2 heterocycles. The van der Waals surface area contributed by atoms with Crippen LogP contribution in [0.2, 0.25) is 0 Å². The summed E-state index contributed by atoms with van der Waals surface area (Å²) in [4.78, 5) is 49.0. The molecular weight excluding hydrogens is 497 g/mol. The van der Waals surface area contributed by atoms with Crippen LogP contribution in [0.25, 0.3) is 0 Å². The summed E-state index contributed by atoms with van der Waals surface area (Å²) in [6.07, 6.45) is -3.48. The normalized spacial score (nSPS) is 31.2. The third kappa shape index (κ3) is 6.45. The summed E-state index contributed by atoms with van der Waals surface area (Å²) >= 11 is 4.95. The van der Waals surface area contributed by atoms with E-state index in [9.17, 15) is 33.6 Å². The maximum absolute atomic E-state index is 11.8. The minimum atomic E-state index is -5.71. The van der Waals surface area contributed by atoms with Crippen molar-refractivity contribution in [3.63, 3.8) is 0 Å². The molecule has 30 heavy (non-hydrogen) atoms. The lowest BCUT2D eigenvalue weighted by Crippen LogP contribution is -2.44. The molecule has 1 aliphatic rings. The van der Waals surface area contributed by atoms with Crippen LogP contribution in [0.15, 0.2) is 17.1 Å². The number of aromatic amines is 1. The van der Waals surface area contributed by atoms with Crippen molar-refractivity contribution in [1.29, 1.82) is 0 Å². The minimum absolute atomic E-state index is 0.173. The molecule has 20 heteroatoms. The van der Waals surface area contributed by atoms with E-state index in [0.29, 0.717) is 0 Å². The van der Waals surface area contributed by atoms with Gasteiger partial charge in [-0.25, -0.2) is 13.7 Å². The smallest absolute Gasteiger partial charge is 0.387 e. The van der Waals surface area contributed by atoms with Crippen LogP contribution in [-0.2, 0) is 31.6 Å². The summed E-state index contributed by atoms with van der Waals surface area (Å²) in [7, 11) is -16.7. The van der Waals surface area contributed by atoms with E-state index < -0.39 is 59.7 Å². The maximum atomic E-state index is 11.8. The highest BCUT2D eigenvalue weighted by Crippen LogP contribution is 2.66. The van der Waals surface area contributed by atoms with Crippen molar-refractivity contribution >= 4 is 35.7 Å². The molecule has 0 saturated carbocycles. The zero-order valence-corrected chi connectivity index (χ0v) is 18.2. The van der Waals surface area contributed by atoms with Gasteiger partial charge >= 0.3 is 23.5 Å². The zero-order chi connectivity index (χ0) is 23.1. The molecule has 0 spiro atoms. The third-order valence-corrected chi connectivity index (χ3v) is 7.79. The van der Waals surface area contributed by atoms with E-state index in [1.165, 1.54) is 0 Å². The van der Waals surface area contributed by atoms with E-state index in [1.807, 2.05) is 0 Å². The fourth-order valence-corrected chi connectivity index (χ4v) is 5.75. The Morgan fingerprint density at radius 3 is 2.37 bits per heavy atom. The Labute approximate surface area is 172 Å². The first-order chi connectivity index (χ1) is 13.4. The second kappa shape index (κ2) is 8.73. The number of aliphatic hydroxyl groups excluding tert-OH is 1. The van der Waals surface area contributed by atoms with Gasteiger partial charge in [0.25, 0.3) is 5.56 Å². The first kappa shape index (κ1) is 25.6. The van der Waals surface area contributed by atoms with Gasteiger partial charge in [0.1, 0.15) is 17.8 Å². The number of nitrogens with one attached hydrogen (secondary N) is 1. The van der Waals surface area contributed by atoms with Gasteiger partial charge < -0.3 is 34.5 Å². The highest BCUT2D eigenvalue weighted by molar-refractivity contribution is 7.71. The van der Waals surface area contributed by atoms with Crippen molar-refractivity contribution in [3.8, 4) is 0 Å². The first-order valence-corrected chi connectivity index (χ1v) is 12.5. The lowest BCUT2D eigenvalue weighted by molar-refractivity contribution is -0.0978. The number of rotatable bonds is 8. The van der Waals surface area contributed by atoms with Crippen molar-refractivity contribution in [2.75, 3.05) is 6.61 Å². The number of hydrogen-bond acceptors (Lipinski definition) is 11. The lowest BCUT2D eigenvalue weighted by atomic mass is 9.96. The van der Waals surface area contributed by atoms with Crippen LogP contribution in [0, 0.1) is 4.77 Å². The largest absolute Gasteiger partial charge is 0.490 e. The number of H-pyrrole nitrogens is 1. The molecule has 1 fully saturated rings. The fraction of sp³-hybridized carbons (Fsp3) is 0.600. The van der Waals surface area contributed by atoms with E-state index in [1.54, 1.807) is 0 Å². The standard InChI is InChI=1S/C10H17N2O14P3S/c1-10(15)7(14)5(24-8(10)12-3-2-6(13)11-9(12)30)4-23-28(19,20)26-29(21,22)25-27(16,17)18/h2-3,5,7-8,14-15H,4H2,1H3,(H,19,20)(H,21,22)(H,11,13,30)(H2,16,17,18)/t5-,7?,8-,10?/m1/s1. The van der Waals surface area contributed by atoms with Gasteiger partial charge in [0.15, 0.2) is 11.0 Å². The van der Waals surface area contributed by atoms with Crippen molar-refractivity contribution in [1.82, 2.24) is 9.55 Å². The molecule has 6 atom stereocenters. The van der Waals surface area contributed by atoms with E-state index >= 15 is 0 Å². The van der Waals surface area contributed by atoms with Crippen LogP contribution in [0.4, 0.5) is 0 Å². The summed E-state index contributed by atoms with van der Waals surface area (Å²) in [5.74, 6) is 0. The molecule has 0 bridgehead atoms. The van der Waals surface area contributed by atoms with Crippen LogP contribution in [0.5, 0.6) is 0 Å². The summed E-state index contributed by atoms with van der Waals surface area (Å²) in [6, 6.07) is 1.06. The molecule has 2 rings (SSSR count). The van der Waals surface area contributed by atoms with E-state index in [-0.39, 0.29) is 4.77 Å². The van der Waals surface area contributed by atoms with Gasteiger partial charge in [0.2, 0.25) is 0 Å². The van der Waals surface area contributed by atoms with Gasteiger partial charge in [0.05, 0.1) is 6.61 Å². The number of ether oxygens (including phenoxy) is 1. The average Bonchev–Trinajstić information content (AvgIpc) is 2.73. The fourth-order valence-electron chi connectivity index (χ4n) is 2.46. The predicted molar refractivity (Wildman–Crippen MR) is 96.2 cm³/mol. The van der Waals surface area contributed by atoms with Crippen LogP contribution in [0.1, 0.15) is 13.2 Å². The van der Waals surface area contributed by atoms with Gasteiger partial charge in [-0.2, -0.15) is 8.62 Å². The Balaban J connectivity index is 2.13. The van der Waals surface area contributed by atoms with Crippen LogP contribution in [-0.4, -0.2) is 63.8 Å². The first-order valence-electron chi connectivity index (χ1n) is 7.59. The Bertz CT molecular complexity index is 1050. The van der Waals surface area contributed by atoms with Gasteiger partial charge in [-0.1, -0.05) is 0 Å². The number of hydrogen-bond donors (Lipinski definition) is 7. The highest BCUT2D eigenvalue weighted by Gasteiger charge is 2.54. The molecule has 0 amide bonds. The Kier molecular flexibility index (Phi) is 7.46. The number of phosphoric acid groups is 3. The molecule has 0 radical (unpaired) electrons. The molecule has 172 valence electrons. The SMILES string of the molecule is CC1(O)C(O)[C@@H](COP(=O)(O)OP(=O)(O)OP(=O)(O)O)O[C@H]1n1ccc(=O)[nH]c1=S. The predicted octanol–water partition coefficient (Wildman–Crippen LogP) is -0.742. The molecule has 1 aliphatic heterocycles. The van der Waals surface area contributed by atoms with Crippen LogP contribution < -0.4 is 5.56 Å². The van der Waals surface area contributed by atoms with Crippen molar-refractivity contribution in [3.05, 3.63) is 27.4 Å². The molecule has 0 aromatic carbocycles. The highest BCUT2D eigenvalue weighted by atomic mass is 32.1. The summed E-state index contributed by atoms with van der Waals surface area (Å²) in [5.41, 5.74) is -2.58. The van der Waals surface area contributed by atoms with Gasteiger partial charge in [-0.15, -0.1) is 0 Å². The topological polar surface area (TPSA) is 247 Å². The molecule has 4 unspecified atom stereocenters. The number of nitrogens with zero attached hydrogens (tertiary/aromatic N) is 1. The molecule has 7 N–H and O–H groups in total. The number of phosphoric ester groups is 1. The van der Waals surface area contributed by atoms with E-state index in [4.69, 9.17) is 31.6 Å². The van der Waals surface area contributed by atoms with Crippen molar-refractivity contribution < 1.29 is 61.4 Å².